The van der Waals surface area contributed by atoms with E-state index in [0.29, 0.717) is 22.6 Å². The van der Waals surface area contributed by atoms with E-state index in [4.69, 9.17) is 14.7 Å². The molecular weight excluding hydrogens is 290 g/mol. The van der Waals surface area contributed by atoms with Crippen LogP contribution in [0.15, 0.2) is 54.1 Å². The minimum absolute atomic E-state index is 0.00900. The maximum atomic E-state index is 12.5. The smallest absolute Gasteiger partial charge is 0.196 e. The van der Waals surface area contributed by atoms with Crippen LogP contribution >= 0.6 is 0 Å². The molecule has 0 bridgehead atoms. The number of hydrogen-bond acceptors (Lipinski definition) is 4. The minimum atomic E-state index is -0.496. The lowest BCUT2D eigenvalue weighted by Gasteiger charge is -2.18. The van der Waals surface area contributed by atoms with Gasteiger partial charge in [0.15, 0.2) is 11.9 Å². The molecule has 0 saturated carbocycles. The quantitative estimate of drug-likeness (QED) is 0.812. The van der Waals surface area contributed by atoms with Crippen LogP contribution in [0.1, 0.15) is 22.8 Å². The number of nitriles is 1. The van der Waals surface area contributed by atoms with Gasteiger partial charge in [0.1, 0.15) is 24.2 Å². The number of carbonyl (C=O) groups is 1. The van der Waals surface area contributed by atoms with Crippen molar-refractivity contribution in [2.24, 2.45) is 0 Å². The van der Waals surface area contributed by atoms with Crippen molar-refractivity contribution < 1.29 is 14.3 Å². The average molecular weight is 305 g/mol. The van der Waals surface area contributed by atoms with Gasteiger partial charge in [-0.3, -0.25) is 4.79 Å². The molecule has 0 radical (unpaired) electrons. The molecule has 1 heterocycles. The Morgan fingerprint density at radius 1 is 1.22 bits per heavy atom. The summed E-state index contributed by atoms with van der Waals surface area (Å²) in [5, 5.41) is 8.74. The first-order chi connectivity index (χ1) is 11.2. The zero-order chi connectivity index (χ0) is 16.2. The van der Waals surface area contributed by atoms with Gasteiger partial charge in [-0.1, -0.05) is 24.3 Å². The predicted molar refractivity (Wildman–Crippen MR) is 86.4 cm³/mol. The lowest BCUT2D eigenvalue weighted by atomic mass is 9.98. The lowest BCUT2D eigenvalue weighted by molar-refractivity contribution is 0.100. The van der Waals surface area contributed by atoms with Crippen molar-refractivity contribution in [3.8, 4) is 17.6 Å². The normalized spacial score (nSPS) is 16.2. The van der Waals surface area contributed by atoms with Gasteiger partial charge >= 0.3 is 0 Å². The summed E-state index contributed by atoms with van der Waals surface area (Å²) in [7, 11) is 0. The molecule has 2 aromatic carbocycles. The summed E-state index contributed by atoms with van der Waals surface area (Å²) >= 11 is 0. The highest BCUT2D eigenvalue weighted by molar-refractivity contribution is 6.14. The van der Waals surface area contributed by atoms with Gasteiger partial charge < -0.3 is 9.47 Å². The Morgan fingerprint density at radius 2 is 1.96 bits per heavy atom. The van der Waals surface area contributed by atoms with Gasteiger partial charge in [-0.2, -0.15) is 5.26 Å². The molecule has 114 valence electrons. The zero-order valence-electron chi connectivity index (χ0n) is 12.7. The molecule has 0 aliphatic carbocycles. The molecule has 1 aliphatic rings. The minimum Gasteiger partial charge on any atom is -0.488 e. The first-order valence-electron chi connectivity index (χ1n) is 7.31. The Balaban J connectivity index is 1.80. The van der Waals surface area contributed by atoms with Crippen LogP contribution < -0.4 is 9.47 Å². The molecular formula is C19H15NO3. The molecule has 0 fully saturated rings. The van der Waals surface area contributed by atoms with Crippen molar-refractivity contribution in [1.82, 2.24) is 0 Å². The molecule has 2 aromatic rings. The highest BCUT2D eigenvalue weighted by atomic mass is 16.5. The predicted octanol–water partition coefficient (Wildman–Crippen LogP) is 3.64. The highest BCUT2D eigenvalue weighted by Gasteiger charge is 2.22. The maximum Gasteiger partial charge on any atom is 0.196 e. The SMILES string of the molecule is CC(C#N)Oc1ccc(C=C2COc3ccccc3C2=O)cc1. The number of nitrogens with zero attached hydrogens (tertiary/aromatic N) is 1. The number of ether oxygens (including phenoxy) is 2. The molecule has 3 rings (SSSR count). The Hall–Kier alpha value is -3.06. The highest BCUT2D eigenvalue weighted by Crippen LogP contribution is 2.27. The van der Waals surface area contributed by atoms with Crippen LogP contribution in [0.4, 0.5) is 0 Å². The van der Waals surface area contributed by atoms with E-state index in [1.54, 1.807) is 31.2 Å². The van der Waals surface area contributed by atoms with E-state index in [-0.39, 0.29) is 12.4 Å². The summed E-state index contributed by atoms with van der Waals surface area (Å²) < 4.78 is 11.0. The molecule has 0 aromatic heterocycles. The summed E-state index contributed by atoms with van der Waals surface area (Å²) in [6.45, 7) is 1.95. The van der Waals surface area contributed by atoms with Gasteiger partial charge in [0.05, 0.1) is 5.56 Å². The zero-order valence-corrected chi connectivity index (χ0v) is 12.7. The van der Waals surface area contributed by atoms with E-state index in [1.165, 1.54) is 0 Å². The second kappa shape index (κ2) is 6.37. The van der Waals surface area contributed by atoms with Crippen LogP contribution in [0.2, 0.25) is 0 Å². The van der Waals surface area contributed by atoms with Crippen molar-refractivity contribution >= 4 is 11.9 Å². The van der Waals surface area contributed by atoms with Crippen molar-refractivity contribution in [2.75, 3.05) is 6.61 Å². The van der Waals surface area contributed by atoms with E-state index in [1.807, 2.05) is 36.4 Å². The van der Waals surface area contributed by atoms with Crippen LogP contribution in [0.3, 0.4) is 0 Å². The van der Waals surface area contributed by atoms with Crippen LogP contribution in [0.25, 0.3) is 6.08 Å². The third-order valence-corrected chi connectivity index (χ3v) is 3.52. The fraction of sp³-hybridized carbons (Fsp3) is 0.158. The van der Waals surface area contributed by atoms with E-state index < -0.39 is 6.10 Å². The van der Waals surface area contributed by atoms with Gasteiger partial charge in [0.25, 0.3) is 0 Å². The molecule has 0 saturated heterocycles. The van der Waals surface area contributed by atoms with Crippen LogP contribution in [-0.4, -0.2) is 18.5 Å². The topological polar surface area (TPSA) is 59.3 Å². The first kappa shape index (κ1) is 14.9. The summed E-state index contributed by atoms with van der Waals surface area (Å²) in [5.41, 5.74) is 2.09. The van der Waals surface area contributed by atoms with Gasteiger partial charge in [0, 0.05) is 5.57 Å². The van der Waals surface area contributed by atoms with E-state index in [0.717, 1.165) is 5.56 Å². The molecule has 0 N–H and O–H groups in total. The van der Waals surface area contributed by atoms with Crippen LogP contribution in [0.5, 0.6) is 11.5 Å². The van der Waals surface area contributed by atoms with Crippen LogP contribution in [-0.2, 0) is 0 Å². The Labute approximate surface area is 134 Å². The van der Waals surface area contributed by atoms with Gasteiger partial charge in [-0.05, 0) is 42.8 Å². The average Bonchev–Trinajstić information content (AvgIpc) is 2.59. The Kier molecular flexibility index (Phi) is 4.11. The van der Waals surface area contributed by atoms with E-state index in [2.05, 4.69) is 0 Å². The molecule has 1 atom stereocenters. The lowest BCUT2D eigenvalue weighted by Crippen LogP contribution is -2.18. The number of fused-ring (bicyclic) bond motifs is 1. The Bertz CT molecular complexity index is 800. The number of para-hydroxylation sites is 1. The summed E-state index contributed by atoms with van der Waals surface area (Å²) in [6, 6.07) is 16.5. The third-order valence-electron chi connectivity index (χ3n) is 3.52. The van der Waals surface area contributed by atoms with Crippen LogP contribution in [0, 0.1) is 11.3 Å². The molecule has 1 aliphatic heterocycles. The summed E-state index contributed by atoms with van der Waals surface area (Å²) in [5.74, 6) is 1.24. The molecule has 23 heavy (non-hydrogen) atoms. The van der Waals surface area contributed by atoms with Crippen molar-refractivity contribution in [1.29, 1.82) is 5.26 Å². The maximum absolute atomic E-state index is 12.5. The molecule has 0 spiro atoms. The first-order valence-corrected chi connectivity index (χ1v) is 7.31. The van der Waals surface area contributed by atoms with Gasteiger partial charge in [-0.15, -0.1) is 0 Å². The molecule has 1 unspecified atom stereocenters. The number of hydrogen-bond donors (Lipinski definition) is 0. The second-order valence-electron chi connectivity index (χ2n) is 5.24. The van der Waals surface area contributed by atoms with Crippen molar-refractivity contribution in [3.05, 3.63) is 65.2 Å². The Morgan fingerprint density at radius 3 is 2.70 bits per heavy atom. The molecule has 4 heteroatoms. The third kappa shape index (κ3) is 3.24. The molecule has 0 amide bonds. The van der Waals surface area contributed by atoms with Crippen molar-refractivity contribution in [3.63, 3.8) is 0 Å². The standard InChI is InChI=1S/C19H15NO3/c1-13(11-20)23-16-8-6-14(7-9-16)10-15-12-22-18-5-3-2-4-17(18)19(15)21/h2-10,13H,12H2,1H3. The van der Waals surface area contributed by atoms with Gasteiger partial charge in [-0.25, -0.2) is 0 Å². The molecule has 4 nitrogen and oxygen atoms in total. The number of ketones is 1. The van der Waals surface area contributed by atoms with E-state index >= 15 is 0 Å². The van der Waals surface area contributed by atoms with Gasteiger partial charge in [0.2, 0.25) is 0 Å². The fourth-order valence-corrected chi connectivity index (χ4v) is 2.36. The largest absolute Gasteiger partial charge is 0.488 e. The number of Topliss-reactive ketones (excluding diaryl/α,β-unsaturated/α-hetero) is 1. The number of carbonyl (C=O) groups excluding carboxylic acids is 1. The fourth-order valence-electron chi connectivity index (χ4n) is 2.36. The van der Waals surface area contributed by atoms with E-state index in [9.17, 15) is 4.79 Å². The summed E-state index contributed by atoms with van der Waals surface area (Å²) in [4.78, 5) is 12.5. The second-order valence-corrected chi connectivity index (χ2v) is 5.24. The monoisotopic (exact) mass is 305 g/mol. The van der Waals surface area contributed by atoms with Crippen molar-refractivity contribution in [2.45, 2.75) is 13.0 Å². The summed E-state index contributed by atoms with van der Waals surface area (Å²) in [6.07, 6.45) is 1.32. The number of rotatable bonds is 3. The number of benzene rings is 2.